The van der Waals surface area contributed by atoms with Gasteiger partial charge in [0.2, 0.25) is 0 Å². The Bertz CT molecular complexity index is 709. The summed E-state index contributed by atoms with van der Waals surface area (Å²) in [5, 5.41) is 11.1. The minimum Gasteiger partial charge on any atom is -0.508 e. The van der Waals surface area contributed by atoms with Crippen molar-refractivity contribution in [3.05, 3.63) is 66.2 Å². The highest BCUT2D eigenvalue weighted by Gasteiger charge is 2.01. The third kappa shape index (κ3) is 6.54. The number of phenols is 1. The highest BCUT2D eigenvalue weighted by atomic mass is 35.5. The van der Waals surface area contributed by atoms with Gasteiger partial charge in [-0.2, -0.15) is 0 Å². The molecule has 2 N–H and O–H groups in total. The van der Waals surface area contributed by atoms with Crippen molar-refractivity contribution >= 4 is 28.4 Å². The summed E-state index contributed by atoms with van der Waals surface area (Å²) in [5.74, 6) is 0.672. The monoisotopic (exact) mass is 347 g/mol. The molecular formula is C18H18ClNO4. The summed E-state index contributed by atoms with van der Waals surface area (Å²) in [4.78, 5) is 21.7. The van der Waals surface area contributed by atoms with Crippen LogP contribution in [0.1, 0.15) is 17.3 Å². The van der Waals surface area contributed by atoms with E-state index in [1.54, 1.807) is 50.4 Å². The number of amides is 1. The molecule has 0 radical (unpaired) electrons. The van der Waals surface area contributed by atoms with Crippen LogP contribution in [-0.2, 0) is 4.79 Å². The van der Waals surface area contributed by atoms with Gasteiger partial charge < -0.3 is 15.2 Å². The number of rotatable bonds is 4. The van der Waals surface area contributed by atoms with E-state index in [1.807, 2.05) is 0 Å². The Kier molecular flexibility index (Phi) is 7.52. The van der Waals surface area contributed by atoms with Gasteiger partial charge in [0.15, 0.2) is 0 Å². The van der Waals surface area contributed by atoms with Crippen LogP contribution in [-0.4, -0.2) is 23.4 Å². The van der Waals surface area contributed by atoms with E-state index in [0.29, 0.717) is 22.6 Å². The number of ether oxygens (including phenoxy) is 1. The van der Waals surface area contributed by atoms with Crippen LogP contribution in [0.4, 0.5) is 5.69 Å². The SMILES string of the molecule is C=C(C)C(=O)Nc1ccc(O)cc1.COc1ccc(C(=O)Cl)cc1. The predicted molar refractivity (Wildman–Crippen MR) is 94.7 cm³/mol. The molecule has 2 aromatic carbocycles. The van der Waals surface area contributed by atoms with Crippen LogP contribution in [0.5, 0.6) is 11.5 Å². The van der Waals surface area contributed by atoms with Crippen LogP contribution in [0.25, 0.3) is 0 Å². The molecule has 0 aliphatic carbocycles. The van der Waals surface area contributed by atoms with Crippen molar-refractivity contribution in [2.45, 2.75) is 6.92 Å². The third-order valence-corrected chi connectivity index (χ3v) is 3.05. The van der Waals surface area contributed by atoms with E-state index in [1.165, 1.54) is 12.1 Å². The molecule has 1 amide bonds. The van der Waals surface area contributed by atoms with Crippen LogP contribution < -0.4 is 10.1 Å². The van der Waals surface area contributed by atoms with Gasteiger partial charge in [-0.1, -0.05) is 6.58 Å². The normalized spacial score (nSPS) is 9.29. The maximum Gasteiger partial charge on any atom is 0.252 e. The largest absolute Gasteiger partial charge is 0.508 e. The van der Waals surface area contributed by atoms with Crippen LogP contribution in [0.15, 0.2) is 60.7 Å². The summed E-state index contributed by atoms with van der Waals surface area (Å²) in [6.07, 6.45) is 0. The Morgan fingerprint density at radius 2 is 1.62 bits per heavy atom. The molecule has 0 heterocycles. The van der Waals surface area contributed by atoms with Crippen LogP contribution in [0, 0.1) is 0 Å². The molecule has 0 bridgehead atoms. The van der Waals surface area contributed by atoms with E-state index in [4.69, 9.17) is 21.4 Å². The summed E-state index contributed by atoms with van der Waals surface area (Å²) < 4.78 is 4.89. The van der Waals surface area contributed by atoms with Gasteiger partial charge in [0.1, 0.15) is 11.5 Å². The molecule has 0 unspecified atom stereocenters. The first kappa shape index (κ1) is 19.3. The van der Waals surface area contributed by atoms with Crippen molar-refractivity contribution in [3.8, 4) is 11.5 Å². The van der Waals surface area contributed by atoms with Crippen molar-refractivity contribution in [1.29, 1.82) is 0 Å². The van der Waals surface area contributed by atoms with Gasteiger partial charge in [-0.25, -0.2) is 0 Å². The number of methoxy groups -OCH3 is 1. The Labute approximate surface area is 145 Å². The van der Waals surface area contributed by atoms with Gasteiger partial charge in [0.25, 0.3) is 11.1 Å². The number of aromatic hydroxyl groups is 1. The van der Waals surface area contributed by atoms with Gasteiger partial charge in [-0.15, -0.1) is 0 Å². The predicted octanol–water partition coefficient (Wildman–Crippen LogP) is 3.98. The minimum absolute atomic E-state index is 0.174. The number of hydrogen-bond donors (Lipinski definition) is 2. The number of phenolic OH excluding ortho intramolecular Hbond substituents is 1. The van der Waals surface area contributed by atoms with Crippen molar-refractivity contribution < 1.29 is 19.4 Å². The van der Waals surface area contributed by atoms with E-state index in [0.717, 1.165) is 0 Å². The zero-order valence-electron chi connectivity index (χ0n) is 13.4. The fraction of sp³-hybridized carbons (Fsp3) is 0.111. The van der Waals surface area contributed by atoms with Crippen LogP contribution in [0.2, 0.25) is 0 Å². The number of hydrogen-bond acceptors (Lipinski definition) is 4. The summed E-state index contributed by atoms with van der Waals surface area (Å²) in [5.41, 5.74) is 1.58. The second-order valence-corrected chi connectivity index (χ2v) is 5.13. The highest BCUT2D eigenvalue weighted by molar-refractivity contribution is 6.67. The zero-order valence-corrected chi connectivity index (χ0v) is 14.1. The lowest BCUT2D eigenvalue weighted by Crippen LogP contribution is -2.11. The van der Waals surface area contributed by atoms with Gasteiger partial charge in [0, 0.05) is 16.8 Å². The summed E-state index contributed by atoms with van der Waals surface area (Å²) >= 11 is 5.22. The maximum atomic E-state index is 11.1. The average Bonchev–Trinajstić information content (AvgIpc) is 2.57. The Balaban J connectivity index is 0.000000243. The Morgan fingerprint density at radius 3 is 2.04 bits per heavy atom. The number of halogens is 1. The quantitative estimate of drug-likeness (QED) is 0.498. The van der Waals surface area contributed by atoms with E-state index < -0.39 is 5.24 Å². The number of carbonyl (C=O) groups excluding carboxylic acids is 2. The molecule has 2 rings (SSSR count). The molecule has 0 spiro atoms. The molecule has 24 heavy (non-hydrogen) atoms. The number of nitrogens with one attached hydrogen (secondary N) is 1. The first-order valence-corrected chi connectivity index (χ1v) is 7.31. The standard InChI is InChI=1S/C10H11NO2.C8H7ClO2/c1-7(2)10(13)11-8-3-5-9(12)6-4-8;1-11-7-4-2-6(3-5-7)8(9)10/h3-6,12H,1H2,2H3,(H,11,13);2-5H,1H3. The fourth-order valence-electron chi connectivity index (χ4n) is 1.50. The smallest absolute Gasteiger partial charge is 0.252 e. The molecular weight excluding hydrogens is 330 g/mol. The van der Waals surface area contributed by atoms with Crippen molar-refractivity contribution in [2.24, 2.45) is 0 Å². The number of anilines is 1. The zero-order chi connectivity index (χ0) is 18.1. The van der Waals surface area contributed by atoms with Crippen molar-refractivity contribution in [1.82, 2.24) is 0 Å². The average molecular weight is 348 g/mol. The lowest BCUT2D eigenvalue weighted by molar-refractivity contribution is -0.112. The van der Waals surface area contributed by atoms with Gasteiger partial charge in [-0.05, 0) is 67.1 Å². The second kappa shape index (κ2) is 9.37. The number of benzene rings is 2. The molecule has 126 valence electrons. The first-order chi connectivity index (χ1) is 11.3. The minimum atomic E-state index is -0.451. The summed E-state index contributed by atoms with van der Waals surface area (Å²) in [6, 6.07) is 12.9. The van der Waals surface area contributed by atoms with E-state index >= 15 is 0 Å². The van der Waals surface area contributed by atoms with Crippen LogP contribution in [0.3, 0.4) is 0 Å². The number of carbonyl (C=O) groups is 2. The van der Waals surface area contributed by atoms with Crippen molar-refractivity contribution in [3.63, 3.8) is 0 Å². The summed E-state index contributed by atoms with van der Waals surface area (Å²) in [7, 11) is 1.57. The highest BCUT2D eigenvalue weighted by Crippen LogP contribution is 2.14. The maximum absolute atomic E-state index is 11.1. The molecule has 0 atom stereocenters. The topological polar surface area (TPSA) is 75.6 Å². The Morgan fingerprint density at radius 1 is 1.08 bits per heavy atom. The van der Waals surface area contributed by atoms with Gasteiger partial charge in [-0.3, -0.25) is 9.59 Å². The fourth-order valence-corrected chi connectivity index (χ4v) is 1.63. The molecule has 6 heteroatoms. The molecule has 2 aromatic rings. The molecule has 0 aliphatic heterocycles. The molecule has 0 aliphatic rings. The lowest BCUT2D eigenvalue weighted by Gasteiger charge is -2.03. The van der Waals surface area contributed by atoms with E-state index in [2.05, 4.69) is 11.9 Å². The van der Waals surface area contributed by atoms with E-state index in [-0.39, 0.29) is 11.7 Å². The second-order valence-electron chi connectivity index (χ2n) is 4.78. The van der Waals surface area contributed by atoms with E-state index in [9.17, 15) is 9.59 Å². The summed E-state index contributed by atoms with van der Waals surface area (Å²) in [6.45, 7) is 5.14. The molecule has 0 fully saturated rings. The third-order valence-electron chi connectivity index (χ3n) is 2.83. The Hall–Kier alpha value is -2.79. The molecule has 5 nitrogen and oxygen atoms in total. The molecule has 0 aromatic heterocycles. The van der Waals surface area contributed by atoms with Crippen molar-refractivity contribution in [2.75, 3.05) is 12.4 Å². The first-order valence-electron chi connectivity index (χ1n) is 6.93. The van der Waals surface area contributed by atoms with Gasteiger partial charge >= 0.3 is 0 Å². The van der Waals surface area contributed by atoms with Crippen LogP contribution >= 0.6 is 11.6 Å². The lowest BCUT2D eigenvalue weighted by atomic mass is 10.2. The van der Waals surface area contributed by atoms with Gasteiger partial charge in [0.05, 0.1) is 7.11 Å². The molecule has 0 saturated carbocycles. The molecule has 0 saturated heterocycles.